The minimum Gasteiger partial charge on any atom is -0.331 e. The fourth-order valence-electron chi connectivity index (χ4n) is 2.81. The molecule has 1 heterocycles. The lowest BCUT2D eigenvalue weighted by molar-refractivity contribution is 0.288. The topological polar surface area (TPSA) is 24.0 Å². The van der Waals surface area contributed by atoms with Crippen molar-refractivity contribution in [2.24, 2.45) is 0 Å². The molecule has 0 aliphatic rings. The molecule has 5 heteroatoms. The third-order valence-electron chi connectivity index (χ3n) is 4.11. The molecule has 0 saturated carbocycles. The smallest absolute Gasteiger partial charge is 0.178 e. The maximum atomic E-state index is 6.12. The predicted molar refractivity (Wildman–Crippen MR) is 93.9 cm³/mol. The van der Waals surface area contributed by atoms with Crippen molar-refractivity contribution in [3.05, 3.63) is 28.0 Å². The summed E-state index contributed by atoms with van der Waals surface area (Å²) in [6.45, 7) is 10.0. The molecule has 0 saturated heterocycles. The summed E-state index contributed by atoms with van der Waals surface area (Å²) in [5.41, 5.74) is 2.16. The van der Waals surface area contributed by atoms with Gasteiger partial charge in [-0.25, -0.2) is 0 Å². The number of nitrogens with zero attached hydrogens (tertiary/aromatic N) is 2. The van der Waals surface area contributed by atoms with Crippen molar-refractivity contribution in [3.63, 3.8) is 0 Å². The molecule has 21 heavy (non-hydrogen) atoms. The van der Waals surface area contributed by atoms with Crippen LogP contribution in [0.4, 0.5) is 0 Å². The summed E-state index contributed by atoms with van der Waals surface area (Å²) in [5, 5.41) is 0.751. The fraction of sp³-hybridized carbons (Fsp3) is 0.562. The van der Waals surface area contributed by atoms with Crippen LogP contribution >= 0.6 is 23.8 Å². The second kappa shape index (κ2) is 7.43. The SMILES string of the molecule is CCN(CC)CCCC(C)n1c(=S)[nH]c2ccc(Cl)cc21. The number of hydrogen-bond acceptors (Lipinski definition) is 2. The van der Waals surface area contributed by atoms with E-state index < -0.39 is 0 Å². The molecule has 1 N–H and O–H groups in total. The van der Waals surface area contributed by atoms with Crippen LogP contribution in [0.25, 0.3) is 11.0 Å². The second-order valence-corrected chi connectivity index (χ2v) is 6.30. The molecule has 0 fully saturated rings. The van der Waals surface area contributed by atoms with Gasteiger partial charge in [-0.15, -0.1) is 0 Å². The van der Waals surface area contributed by atoms with Gasteiger partial charge in [0, 0.05) is 11.1 Å². The lowest BCUT2D eigenvalue weighted by Gasteiger charge is -2.20. The molecular weight excluding hydrogens is 302 g/mol. The molecule has 0 aliphatic heterocycles. The molecule has 1 aromatic heterocycles. The van der Waals surface area contributed by atoms with Crippen LogP contribution in [0, 0.1) is 4.77 Å². The van der Waals surface area contributed by atoms with Crippen LogP contribution in [0.3, 0.4) is 0 Å². The van der Waals surface area contributed by atoms with Gasteiger partial charge in [0.2, 0.25) is 0 Å². The predicted octanol–water partition coefficient (Wildman–Crippen LogP) is 5.04. The Balaban J connectivity index is 2.12. The van der Waals surface area contributed by atoms with Gasteiger partial charge in [0.05, 0.1) is 11.0 Å². The van der Waals surface area contributed by atoms with Crippen molar-refractivity contribution in [1.29, 1.82) is 0 Å². The van der Waals surface area contributed by atoms with Gasteiger partial charge >= 0.3 is 0 Å². The molecule has 0 amide bonds. The first-order valence-electron chi connectivity index (χ1n) is 7.69. The lowest BCUT2D eigenvalue weighted by atomic mass is 10.1. The van der Waals surface area contributed by atoms with Crippen molar-refractivity contribution in [2.75, 3.05) is 19.6 Å². The summed E-state index contributed by atoms with van der Waals surface area (Å²) in [6.07, 6.45) is 2.29. The van der Waals surface area contributed by atoms with Gasteiger partial charge in [-0.05, 0) is 69.8 Å². The highest BCUT2D eigenvalue weighted by molar-refractivity contribution is 7.71. The number of hydrogen-bond donors (Lipinski definition) is 1. The minimum absolute atomic E-state index is 0.375. The summed E-state index contributed by atoms with van der Waals surface area (Å²) in [7, 11) is 0. The normalized spacial score (nSPS) is 13.2. The van der Waals surface area contributed by atoms with E-state index in [4.69, 9.17) is 23.8 Å². The molecule has 0 aliphatic carbocycles. The fourth-order valence-corrected chi connectivity index (χ4v) is 3.37. The molecule has 116 valence electrons. The molecule has 2 rings (SSSR count). The largest absolute Gasteiger partial charge is 0.331 e. The Kier molecular flexibility index (Phi) is 5.85. The van der Waals surface area contributed by atoms with Gasteiger partial charge in [-0.3, -0.25) is 0 Å². The number of H-pyrrole nitrogens is 1. The van der Waals surface area contributed by atoms with E-state index in [-0.39, 0.29) is 0 Å². The van der Waals surface area contributed by atoms with E-state index in [0.717, 1.165) is 46.9 Å². The number of halogens is 1. The zero-order valence-electron chi connectivity index (χ0n) is 13.0. The van der Waals surface area contributed by atoms with Crippen LogP contribution in [0.2, 0.25) is 5.02 Å². The first-order valence-corrected chi connectivity index (χ1v) is 8.47. The Bertz CT molecular complexity index is 642. The highest BCUT2D eigenvalue weighted by Crippen LogP contribution is 2.24. The van der Waals surface area contributed by atoms with E-state index in [2.05, 4.69) is 35.2 Å². The first kappa shape index (κ1) is 16.5. The van der Waals surface area contributed by atoms with E-state index in [0.29, 0.717) is 6.04 Å². The van der Waals surface area contributed by atoms with Crippen LogP contribution < -0.4 is 0 Å². The number of rotatable bonds is 7. The first-order chi connectivity index (χ1) is 10.1. The number of nitrogens with one attached hydrogen (secondary N) is 1. The Labute approximate surface area is 136 Å². The summed E-state index contributed by atoms with van der Waals surface area (Å²) in [6, 6.07) is 6.25. The average Bonchev–Trinajstić information content (AvgIpc) is 2.78. The molecule has 0 spiro atoms. The summed E-state index contributed by atoms with van der Waals surface area (Å²) >= 11 is 11.6. The third kappa shape index (κ3) is 3.87. The number of imidazole rings is 1. The van der Waals surface area contributed by atoms with Crippen molar-refractivity contribution in [1.82, 2.24) is 14.5 Å². The zero-order valence-corrected chi connectivity index (χ0v) is 14.6. The number of benzene rings is 1. The number of aromatic nitrogens is 2. The zero-order chi connectivity index (χ0) is 15.4. The van der Waals surface area contributed by atoms with Crippen LogP contribution in [-0.4, -0.2) is 34.1 Å². The Hall–Kier alpha value is -0.840. The second-order valence-electron chi connectivity index (χ2n) is 5.48. The molecule has 2 aromatic rings. The van der Waals surface area contributed by atoms with E-state index in [9.17, 15) is 0 Å². The van der Waals surface area contributed by atoms with Crippen LogP contribution in [0.5, 0.6) is 0 Å². The average molecular weight is 326 g/mol. The molecule has 1 atom stereocenters. The summed E-state index contributed by atoms with van der Waals surface area (Å²) < 4.78 is 2.97. The van der Waals surface area contributed by atoms with E-state index >= 15 is 0 Å². The molecular formula is C16H24ClN3S. The lowest BCUT2D eigenvalue weighted by Crippen LogP contribution is -2.24. The van der Waals surface area contributed by atoms with E-state index in [1.807, 2.05) is 18.2 Å². The van der Waals surface area contributed by atoms with Crippen molar-refractivity contribution in [2.45, 2.75) is 39.7 Å². The molecule has 0 bridgehead atoms. The van der Waals surface area contributed by atoms with Crippen molar-refractivity contribution in [3.8, 4) is 0 Å². The van der Waals surface area contributed by atoms with Crippen molar-refractivity contribution >= 4 is 34.9 Å². The Morgan fingerprint density at radius 2 is 2.05 bits per heavy atom. The maximum absolute atomic E-state index is 6.12. The maximum Gasteiger partial charge on any atom is 0.178 e. The van der Waals surface area contributed by atoms with Crippen LogP contribution in [-0.2, 0) is 0 Å². The van der Waals surface area contributed by atoms with Gasteiger partial charge in [-0.2, -0.15) is 0 Å². The van der Waals surface area contributed by atoms with Gasteiger partial charge in [0.15, 0.2) is 4.77 Å². The molecule has 3 nitrogen and oxygen atoms in total. The highest BCUT2D eigenvalue weighted by atomic mass is 35.5. The number of aromatic amines is 1. The molecule has 0 radical (unpaired) electrons. The Morgan fingerprint density at radius 1 is 1.33 bits per heavy atom. The van der Waals surface area contributed by atoms with E-state index in [1.54, 1.807) is 0 Å². The highest BCUT2D eigenvalue weighted by Gasteiger charge is 2.12. The van der Waals surface area contributed by atoms with E-state index in [1.165, 1.54) is 6.42 Å². The number of fused-ring (bicyclic) bond motifs is 1. The van der Waals surface area contributed by atoms with Gasteiger partial charge < -0.3 is 14.5 Å². The van der Waals surface area contributed by atoms with Crippen LogP contribution in [0.15, 0.2) is 18.2 Å². The standard InChI is InChI=1S/C16H24ClN3S/c1-4-19(5-2)10-6-7-12(3)20-15-11-13(17)8-9-14(15)18-16(20)21/h8-9,11-12H,4-7,10H2,1-3H3,(H,18,21). The summed E-state index contributed by atoms with van der Waals surface area (Å²) in [5.74, 6) is 0. The summed E-state index contributed by atoms with van der Waals surface area (Å²) in [4.78, 5) is 5.72. The third-order valence-corrected chi connectivity index (χ3v) is 4.65. The Morgan fingerprint density at radius 3 is 2.71 bits per heavy atom. The molecule has 1 unspecified atom stereocenters. The van der Waals surface area contributed by atoms with Gasteiger partial charge in [-0.1, -0.05) is 25.4 Å². The molecule has 1 aromatic carbocycles. The van der Waals surface area contributed by atoms with Gasteiger partial charge in [0.1, 0.15) is 0 Å². The minimum atomic E-state index is 0.375. The van der Waals surface area contributed by atoms with Crippen molar-refractivity contribution < 1.29 is 0 Å². The van der Waals surface area contributed by atoms with Gasteiger partial charge in [0.25, 0.3) is 0 Å². The monoisotopic (exact) mass is 325 g/mol. The quantitative estimate of drug-likeness (QED) is 0.721. The van der Waals surface area contributed by atoms with Crippen LogP contribution in [0.1, 0.15) is 39.7 Å².